The minimum Gasteiger partial charge on any atom is -0.542 e. The maximum Gasteiger partial charge on any atom is 0.430 e. The van der Waals surface area contributed by atoms with E-state index in [2.05, 4.69) is 64.1 Å². The smallest absolute Gasteiger partial charge is 0.430 e. The number of piperidine rings is 1. The summed E-state index contributed by atoms with van der Waals surface area (Å²) in [5.74, 6) is -0.320. The number of amides is 1. The Morgan fingerprint density at radius 3 is 2.41 bits per heavy atom. The van der Waals surface area contributed by atoms with Crippen LogP contribution in [0.1, 0.15) is 74.0 Å². The van der Waals surface area contributed by atoms with Crippen molar-refractivity contribution in [3.8, 4) is 5.75 Å². The topological polar surface area (TPSA) is 103 Å². The number of benzene rings is 2. The number of carbonyl (C=O) groups is 2. The Kier molecular flexibility index (Phi) is 10.2. The highest BCUT2D eigenvalue weighted by atomic mass is 19.4. The van der Waals surface area contributed by atoms with E-state index < -0.39 is 12.1 Å². The van der Waals surface area contributed by atoms with E-state index >= 15 is 0 Å². The van der Waals surface area contributed by atoms with Crippen molar-refractivity contribution in [1.82, 2.24) is 4.90 Å². The second kappa shape index (κ2) is 13.9. The number of likely N-dealkylation sites (tertiary alicyclic amines) is 1. The summed E-state index contributed by atoms with van der Waals surface area (Å²) in [6.45, 7) is 4.83. The van der Waals surface area contributed by atoms with Gasteiger partial charge in [-0.05, 0) is 54.7 Å². The number of hydrogen-bond acceptors (Lipinski definition) is 4. The molecule has 240 valence electrons. The summed E-state index contributed by atoms with van der Waals surface area (Å²) >= 11 is 0. The van der Waals surface area contributed by atoms with Gasteiger partial charge in [-0.2, -0.15) is 13.2 Å². The van der Waals surface area contributed by atoms with E-state index in [0.29, 0.717) is 23.8 Å². The van der Waals surface area contributed by atoms with E-state index in [-0.39, 0.29) is 11.3 Å². The monoisotopic (exact) mass is 616 g/mol. The fraction of sp³-hybridized carbons (Fsp3) is 0.588. The summed E-state index contributed by atoms with van der Waals surface area (Å²) in [5, 5.41) is 13.6. The second-order valence-corrected chi connectivity index (χ2v) is 12.9. The number of halogens is 3. The van der Waals surface area contributed by atoms with Crippen molar-refractivity contribution in [3.63, 3.8) is 0 Å². The maximum atomic E-state index is 14.7. The van der Waals surface area contributed by atoms with Crippen LogP contribution in [-0.4, -0.2) is 62.3 Å². The molecule has 1 amide bonds. The first-order chi connectivity index (χ1) is 21.2. The van der Waals surface area contributed by atoms with Crippen LogP contribution in [0.25, 0.3) is 0 Å². The lowest BCUT2D eigenvalue weighted by atomic mass is 9.67. The lowest BCUT2D eigenvalue weighted by Gasteiger charge is -2.46. The van der Waals surface area contributed by atoms with Gasteiger partial charge in [0.2, 0.25) is 5.91 Å². The first-order valence-electron chi connectivity index (χ1n) is 16.1. The number of carboxylic acid groups (broad SMARTS) is 1. The molecule has 3 heterocycles. The number of rotatable bonds is 4. The molecule has 3 fully saturated rings. The third kappa shape index (κ3) is 6.76. The highest BCUT2D eigenvalue weighted by Crippen LogP contribution is 2.45. The van der Waals surface area contributed by atoms with Gasteiger partial charge in [0.1, 0.15) is 24.2 Å². The number of hydrogen-bond donors (Lipinski definition) is 2. The molecular formula is C34H45F3N3O4+. The minimum absolute atomic E-state index is 0.0456. The average molecular weight is 617 g/mol. The molecule has 10 heteroatoms. The summed E-state index contributed by atoms with van der Waals surface area (Å²) in [6.07, 6.45) is 4.65. The Labute approximate surface area is 257 Å². The van der Waals surface area contributed by atoms with Crippen molar-refractivity contribution >= 4 is 11.9 Å². The van der Waals surface area contributed by atoms with Gasteiger partial charge in [0.25, 0.3) is 0 Å². The largest absolute Gasteiger partial charge is 0.542 e. The molecule has 0 aromatic heterocycles. The van der Waals surface area contributed by atoms with E-state index in [0.717, 1.165) is 57.7 Å². The van der Waals surface area contributed by atoms with Crippen LogP contribution in [0.2, 0.25) is 0 Å². The predicted molar refractivity (Wildman–Crippen MR) is 156 cm³/mol. The molecule has 2 aromatic rings. The minimum atomic E-state index is -5.19. The molecule has 1 saturated carbocycles. The summed E-state index contributed by atoms with van der Waals surface area (Å²) in [5.41, 5.74) is 4.05. The summed E-state index contributed by atoms with van der Waals surface area (Å²) in [7, 11) is 1.78. The zero-order valence-corrected chi connectivity index (χ0v) is 25.5. The van der Waals surface area contributed by atoms with Crippen LogP contribution in [0, 0.1) is 11.8 Å². The number of ether oxygens (including phenoxy) is 1. The van der Waals surface area contributed by atoms with Crippen LogP contribution in [0.3, 0.4) is 0 Å². The molecular weight excluding hydrogens is 571 g/mol. The van der Waals surface area contributed by atoms with Crippen LogP contribution in [0.5, 0.6) is 5.75 Å². The van der Waals surface area contributed by atoms with Crippen molar-refractivity contribution < 1.29 is 43.2 Å². The van der Waals surface area contributed by atoms with Crippen molar-refractivity contribution in [3.05, 3.63) is 65.2 Å². The number of quaternary nitrogens is 2. The Morgan fingerprint density at radius 2 is 1.73 bits per heavy atom. The van der Waals surface area contributed by atoms with Crippen molar-refractivity contribution in [2.75, 3.05) is 33.3 Å². The quantitative estimate of drug-likeness (QED) is 0.550. The van der Waals surface area contributed by atoms with Gasteiger partial charge in [-0.15, -0.1) is 0 Å². The van der Waals surface area contributed by atoms with Crippen molar-refractivity contribution in [2.45, 2.75) is 81.5 Å². The van der Waals surface area contributed by atoms with Gasteiger partial charge in [0.05, 0.1) is 37.7 Å². The lowest BCUT2D eigenvalue weighted by Crippen LogP contribution is -2.83. The fourth-order valence-electron chi connectivity index (χ4n) is 8.43. The Hall–Kier alpha value is -3.11. The number of nitrogens with two attached hydrogens (primary N) is 2. The van der Waals surface area contributed by atoms with E-state index in [4.69, 9.17) is 14.6 Å². The molecule has 1 spiro atoms. The van der Waals surface area contributed by atoms with Crippen LogP contribution >= 0.6 is 0 Å². The molecule has 2 saturated heterocycles. The van der Waals surface area contributed by atoms with E-state index in [1.54, 1.807) is 7.11 Å². The predicted octanol–water partition coefficient (Wildman–Crippen LogP) is 2.25. The van der Waals surface area contributed by atoms with Gasteiger partial charge in [0.15, 0.2) is 0 Å². The number of methoxy groups -OCH3 is 1. The molecule has 2 aromatic carbocycles. The molecule has 6 rings (SSSR count). The highest BCUT2D eigenvalue weighted by Gasteiger charge is 2.55. The molecule has 3 aliphatic heterocycles. The van der Waals surface area contributed by atoms with E-state index in [1.165, 1.54) is 48.8 Å². The number of alkyl halides is 3. The Balaban J connectivity index is 0.000000493. The van der Waals surface area contributed by atoms with Gasteiger partial charge < -0.3 is 30.2 Å². The van der Waals surface area contributed by atoms with Crippen molar-refractivity contribution in [1.29, 1.82) is 0 Å². The number of aliphatic carboxylic acids is 1. The van der Waals surface area contributed by atoms with Crippen LogP contribution in [-0.2, 0) is 21.5 Å². The normalized spacial score (nSPS) is 27.5. The third-order valence-corrected chi connectivity index (χ3v) is 10.5. The highest BCUT2D eigenvalue weighted by molar-refractivity contribution is 5.82. The third-order valence-electron chi connectivity index (χ3n) is 10.5. The lowest BCUT2D eigenvalue weighted by molar-refractivity contribution is -0.671. The van der Waals surface area contributed by atoms with Gasteiger partial charge in [-0.1, -0.05) is 61.7 Å². The molecule has 4 atom stereocenters. The molecule has 44 heavy (non-hydrogen) atoms. The van der Waals surface area contributed by atoms with E-state index in [9.17, 15) is 18.0 Å². The first-order valence-corrected chi connectivity index (χ1v) is 16.1. The molecule has 4 aliphatic rings. The average Bonchev–Trinajstić information content (AvgIpc) is 3.38. The summed E-state index contributed by atoms with van der Waals surface area (Å²) in [4.78, 5) is 25.9. The molecule has 0 bridgehead atoms. The SMILES string of the molecule is COc1cccc2c1C[NH2+]CC[C@]21C[NH2+]C[C@H]1C(=O)N1CC[C@@H](c2ccccc2)C[C@H]1C1CCCCC1.O=C([O-])C(F)(F)F. The number of fused-ring (bicyclic) bond motifs is 2. The Morgan fingerprint density at radius 1 is 1.00 bits per heavy atom. The molecule has 1 aliphatic carbocycles. The number of carboxylic acids is 1. The molecule has 0 unspecified atom stereocenters. The standard InChI is InChI=1S/C32H43N3O2.C2HF3O2/c1-37-30-14-8-13-27-26(30)20-33-17-16-32(27)22-34-21-28(32)31(36)35-18-15-25(23-9-4-2-5-10-23)19-29(35)24-11-6-3-7-12-24;3-2(4,5)1(6)7/h2,4-5,8-10,13-14,24-25,28-29,33-34H,3,6-7,11-12,15-22H2,1H3;(H,6,7)/p+1/t25-,28+,29+,32+;/m1./s1. The summed E-state index contributed by atoms with van der Waals surface area (Å²) < 4.78 is 37.4. The van der Waals surface area contributed by atoms with Gasteiger partial charge in [-0.3, -0.25) is 4.79 Å². The summed E-state index contributed by atoms with van der Waals surface area (Å²) in [6, 6.07) is 18.0. The number of carbonyl (C=O) groups excluding carboxylic acids is 2. The molecule has 4 N–H and O–H groups in total. The zero-order valence-electron chi connectivity index (χ0n) is 25.5. The first kappa shape index (κ1) is 32.3. The molecule has 7 nitrogen and oxygen atoms in total. The van der Waals surface area contributed by atoms with Gasteiger partial charge >= 0.3 is 6.18 Å². The van der Waals surface area contributed by atoms with Crippen LogP contribution < -0.4 is 20.5 Å². The number of nitrogens with zero attached hydrogens (tertiary/aromatic N) is 1. The van der Waals surface area contributed by atoms with Crippen LogP contribution in [0.15, 0.2) is 48.5 Å². The van der Waals surface area contributed by atoms with Crippen molar-refractivity contribution in [2.24, 2.45) is 11.8 Å². The fourth-order valence-corrected chi connectivity index (χ4v) is 8.43. The molecule has 0 radical (unpaired) electrons. The van der Waals surface area contributed by atoms with Crippen LogP contribution in [0.4, 0.5) is 13.2 Å². The van der Waals surface area contributed by atoms with Gasteiger partial charge in [0, 0.05) is 19.0 Å². The maximum absolute atomic E-state index is 14.7. The Bertz CT molecular complexity index is 1280. The zero-order chi connectivity index (χ0) is 31.3. The van der Waals surface area contributed by atoms with E-state index in [1.807, 2.05) is 0 Å². The van der Waals surface area contributed by atoms with Gasteiger partial charge in [-0.25, -0.2) is 0 Å². The second-order valence-electron chi connectivity index (χ2n) is 12.9.